The van der Waals surface area contributed by atoms with E-state index in [2.05, 4.69) is 24.4 Å². The number of hydrogen-bond acceptors (Lipinski definition) is 3. The van der Waals surface area contributed by atoms with Crippen LogP contribution in [0.2, 0.25) is 0 Å². The number of benzene rings is 1. The van der Waals surface area contributed by atoms with Gasteiger partial charge in [0.15, 0.2) is 0 Å². The molecule has 0 aliphatic heterocycles. The first-order chi connectivity index (χ1) is 12.5. The Morgan fingerprint density at radius 1 is 1.26 bits per heavy atom. The first kappa shape index (κ1) is 23.5. The Kier molecular flexibility index (Phi) is 9.33. The van der Waals surface area contributed by atoms with Crippen molar-refractivity contribution < 1.29 is 18.7 Å². The Bertz CT molecular complexity index is 591. The number of aryl methyl sites for hydroxylation is 2. The lowest BCUT2D eigenvalue weighted by atomic mass is 9.90. The first-order valence-corrected chi connectivity index (χ1v) is 9.68. The number of amides is 1. The number of aliphatic hydroxyl groups excluding tert-OH is 1. The van der Waals surface area contributed by atoms with Crippen molar-refractivity contribution in [1.29, 1.82) is 0 Å². The number of alkyl halides is 2. The van der Waals surface area contributed by atoms with E-state index >= 15 is 0 Å². The second-order valence-electron chi connectivity index (χ2n) is 7.93. The van der Waals surface area contributed by atoms with Crippen molar-refractivity contribution in [1.82, 2.24) is 5.32 Å². The van der Waals surface area contributed by atoms with Gasteiger partial charge in [0.05, 0.1) is 6.54 Å². The van der Waals surface area contributed by atoms with Crippen molar-refractivity contribution in [3.8, 4) is 0 Å². The van der Waals surface area contributed by atoms with E-state index in [0.29, 0.717) is 12.8 Å². The standard InChI is InChI=1S/C21H34F2N2O2/c1-14(2)12-18(11-7-10-17-9-6-5-8-15(17)3)20(27)25-13-21(22,23)19(26)16(4)24/h5-6,8-9,14,16,18-19,26H,7,10-13,24H2,1-4H3,(H,25,27). The fourth-order valence-electron chi connectivity index (χ4n) is 3.19. The van der Waals surface area contributed by atoms with Crippen LogP contribution in [0.1, 0.15) is 51.2 Å². The van der Waals surface area contributed by atoms with Crippen LogP contribution in [-0.2, 0) is 11.2 Å². The van der Waals surface area contributed by atoms with Crippen LogP contribution in [0.25, 0.3) is 0 Å². The second kappa shape index (κ2) is 10.7. The molecule has 6 heteroatoms. The van der Waals surface area contributed by atoms with Crippen LogP contribution in [0.15, 0.2) is 24.3 Å². The number of nitrogens with one attached hydrogen (secondary N) is 1. The molecule has 0 saturated heterocycles. The summed E-state index contributed by atoms with van der Waals surface area (Å²) < 4.78 is 27.9. The van der Waals surface area contributed by atoms with Crippen molar-refractivity contribution in [2.45, 2.75) is 71.4 Å². The van der Waals surface area contributed by atoms with E-state index in [1.807, 2.05) is 26.0 Å². The molecule has 0 heterocycles. The summed E-state index contributed by atoms with van der Waals surface area (Å²) in [5, 5.41) is 11.8. The average molecular weight is 385 g/mol. The van der Waals surface area contributed by atoms with Gasteiger partial charge in [0.25, 0.3) is 5.92 Å². The van der Waals surface area contributed by atoms with Crippen LogP contribution in [0, 0.1) is 18.8 Å². The Balaban J connectivity index is 2.62. The quantitative estimate of drug-likeness (QED) is 0.547. The van der Waals surface area contributed by atoms with Crippen molar-refractivity contribution in [3.63, 3.8) is 0 Å². The van der Waals surface area contributed by atoms with Crippen LogP contribution < -0.4 is 11.1 Å². The molecule has 4 N–H and O–H groups in total. The minimum absolute atomic E-state index is 0.286. The Morgan fingerprint density at radius 3 is 2.44 bits per heavy atom. The minimum Gasteiger partial charge on any atom is -0.385 e. The Labute approximate surface area is 161 Å². The van der Waals surface area contributed by atoms with Crippen LogP contribution >= 0.6 is 0 Å². The van der Waals surface area contributed by atoms with Gasteiger partial charge in [0.1, 0.15) is 6.10 Å². The molecule has 0 bridgehead atoms. The van der Waals surface area contributed by atoms with Gasteiger partial charge in [-0.25, -0.2) is 8.78 Å². The Morgan fingerprint density at radius 2 is 1.89 bits per heavy atom. The van der Waals surface area contributed by atoms with Crippen molar-refractivity contribution >= 4 is 5.91 Å². The van der Waals surface area contributed by atoms with Gasteiger partial charge in [-0.3, -0.25) is 4.79 Å². The highest BCUT2D eigenvalue weighted by Crippen LogP contribution is 2.22. The third kappa shape index (κ3) is 7.93. The van der Waals surface area contributed by atoms with E-state index in [9.17, 15) is 18.7 Å². The lowest BCUT2D eigenvalue weighted by Gasteiger charge is -2.26. The molecule has 0 aliphatic rings. The molecular weight excluding hydrogens is 350 g/mol. The molecule has 0 fully saturated rings. The SMILES string of the molecule is Cc1ccccc1CCCC(CC(C)C)C(=O)NCC(F)(F)C(O)C(C)N. The van der Waals surface area contributed by atoms with E-state index < -0.39 is 24.6 Å². The average Bonchev–Trinajstić information content (AvgIpc) is 2.59. The smallest absolute Gasteiger partial charge is 0.291 e. The molecule has 27 heavy (non-hydrogen) atoms. The summed E-state index contributed by atoms with van der Waals surface area (Å²) in [4.78, 5) is 12.5. The highest BCUT2D eigenvalue weighted by molar-refractivity contribution is 5.78. The predicted molar refractivity (Wildman–Crippen MR) is 105 cm³/mol. The topological polar surface area (TPSA) is 75.3 Å². The van der Waals surface area contributed by atoms with E-state index in [-0.39, 0.29) is 17.7 Å². The molecule has 3 unspecified atom stereocenters. The summed E-state index contributed by atoms with van der Waals surface area (Å²) >= 11 is 0. The monoisotopic (exact) mass is 384 g/mol. The number of carbonyl (C=O) groups excluding carboxylic acids is 1. The van der Waals surface area contributed by atoms with Gasteiger partial charge in [-0.2, -0.15) is 0 Å². The zero-order valence-corrected chi connectivity index (χ0v) is 16.8. The van der Waals surface area contributed by atoms with Crippen molar-refractivity contribution in [2.75, 3.05) is 6.54 Å². The molecule has 1 aromatic carbocycles. The number of aliphatic hydroxyl groups is 1. The summed E-state index contributed by atoms with van der Waals surface area (Å²) in [5.41, 5.74) is 7.80. The zero-order valence-electron chi connectivity index (χ0n) is 16.8. The molecular formula is C21H34F2N2O2. The third-order valence-corrected chi connectivity index (χ3v) is 4.82. The van der Waals surface area contributed by atoms with Crippen molar-refractivity contribution in [3.05, 3.63) is 35.4 Å². The minimum atomic E-state index is -3.45. The highest BCUT2D eigenvalue weighted by atomic mass is 19.3. The van der Waals surface area contributed by atoms with E-state index in [0.717, 1.165) is 12.8 Å². The third-order valence-electron chi connectivity index (χ3n) is 4.82. The zero-order chi connectivity index (χ0) is 20.6. The van der Waals surface area contributed by atoms with Gasteiger partial charge < -0.3 is 16.2 Å². The number of halogens is 2. The molecule has 0 aromatic heterocycles. The van der Waals surface area contributed by atoms with Gasteiger partial charge in [-0.15, -0.1) is 0 Å². The van der Waals surface area contributed by atoms with Gasteiger partial charge in [0, 0.05) is 12.0 Å². The second-order valence-corrected chi connectivity index (χ2v) is 7.93. The maximum Gasteiger partial charge on any atom is 0.291 e. The van der Waals surface area contributed by atoms with Crippen LogP contribution in [-0.4, -0.2) is 35.6 Å². The van der Waals surface area contributed by atoms with E-state index in [4.69, 9.17) is 5.73 Å². The fourth-order valence-corrected chi connectivity index (χ4v) is 3.19. The summed E-state index contributed by atoms with van der Waals surface area (Å²) in [7, 11) is 0. The maximum atomic E-state index is 13.9. The number of rotatable bonds is 11. The van der Waals surface area contributed by atoms with Gasteiger partial charge in [-0.05, 0) is 56.6 Å². The van der Waals surface area contributed by atoms with Gasteiger partial charge in [-0.1, -0.05) is 38.1 Å². The van der Waals surface area contributed by atoms with Crippen LogP contribution in [0.4, 0.5) is 8.78 Å². The molecule has 3 atom stereocenters. The summed E-state index contributed by atoms with van der Waals surface area (Å²) in [6, 6.07) is 7.04. The van der Waals surface area contributed by atoms with Crippen LogP contribution in [0.5, 0.6) is 0 Å². The normalized spacial score (nSPS) is 15.4. The highest BCUT2D eigenvalue weighted by Gasteiger charge is 2.41. The van der Waals surface area contributed by atoms with Gasteiger partial charge in [0.2, 0.25) is 5.91 Å². The van der Waals surface area contributed by atoms with E-state index in [1.54, 1.807) is 0 Å². The first-order valence-electron chi connectivity index (χ1n) is 9.68. The predicted octanol–water partition coefficient (Wildman–Crippen LogP) is 3.44. The lowest BCUT2D eigenvalue weighted by molar-refractivity contribution is -0.134. The molecule has 154 valence electrons. The molecule has 0 spiro atoms. The summed E-state index contributed by atoms with van der Waals surface area (Å²) in [6.07, 6.45) is 0.964. The molecule has 0 radical (unpaired) electrons. The summed E-state index contributed by atoms with van der Waals surface area (Å²) in [5.74, 6) is -3.87. The molecule has 4 nitrogen and oxygen atoms in total. The maximum absolute atomic E-state index is 13.9. The summed E-state index contributed by atoms with van der Waals surface area (Å²) in [6.45, 7) is 6.49. The molecule has 1 amide bonds. The van der Waals surface area contributed by atoms with Crippen LogP contribution in [0.3, 0.4) is 0 Å². The molecule has 1 rings (SSSR count). The van der Waals surface area contributed by atoms with E-state index in [1.165, 1.54) is 18.1 Å². The number of carbonyl (C=O) groups is 1. The lowest BCUT2D eigenvalue weighted by Crippen LogP contribution is -2.52. The fraction of sp³-hybridized carbons (Fsp3) is 0.667. The Hall–Kier alpha value is -1.53. The largest absolute Gasteiger partial charge is 0.385 e. The molecule has 0 aliphatic carbocycles. The van der Waals surface area contributed by atoms with Gasteiger partial charge >= 0.3 is 0 Å². The molecule has 1 aromatic rings. The molecule has 0 saturated carbocycles. The van der Waals surface area contributed by atoms with Crippen molar-refractivity contribution in [2.24, 2.45) is 17.6 Å². The number of nitrogens with two attached hydrogens (primary N) is 1. The number of hydrogen-bond donors (Lipinski definition) is 3.